The van der Waals surface area contributed by atoms with Gasteiger partial charge in [0.25, 0.3) is 0 Å². The molecule has 0 unspecified atom stereocenters. The molecule has 0 aromatic heterocycles. The summed E-state index contributed by atoms with van der Waals surface area (Å²) in [5.74, 6) is 0. The van der Waals surface area contributed by atoms with Gasteiger partial charge < -0.3 is 4.90 Å². The molecule has 0 atom stereocenters. The molecule has 0 saturated heterocycles. The Labute approximate surface area is 128 Å². The van der Waals surface area contributed by atoms with Crippen molar-refractivity contribution in [2.24, 2.45) is 4.99 Å². The predicted octanol–water partition coefficient (Wildman–Crippen LogP) is 4.70. The van der Waals surface area contributed by atoms with E-state index in [1.807, 2.05) is 0 Å². The zero-order valence-corrected chi connectivity index (χ0v) is 13.1. The maximum Gasteiger partial charge on any atom is 0.0439 e. The molecule has 21 heavy (non-hydrogen) atoms. The molecule has 1 aromatic carbocycles. The first-order valence-corrected chi connectivity index (χ1v) is 8.38. The first-order valence-electron chi connectivity index (χ1n) is 8.38. The summed E-state index contributed by atoms with van der Waals surface area (Å²) in [7, 11) is 2.26. The van der Waals surface area contributed by atoms with E-state index in [0.717, 1.165) is 13.0 Å². The van der Waals surface area contributed by atoms with E-state index in [-0.39, 0.29) is 0 Å². The first-order chi connectivity index (χ1) is 10.3. The molecule has 1 aliphatic carbocycles. The molecule has 3 rings (SSSR count). The fraction of sp³-hybridized carbons (Fsp3) is 0.526. The van der Waals surface area contributed by atoms with Crippen LogP contribution in [0.2, 0.25) is 0 Å². The summed E-state index contributed by atoms with van der Waals surface area (Å²) in [4.78, 5) is 7.03. The van der Waals surface area contributed by atoms with Crippen LogP contribution in [0.4, 0.5) is 5.69 Å². The second kappa shape index (κ2) is 6.93. The van der Waals surface area contributed by atoms with Gasteiger partial charge in [-0.3, -0.25) is 4.99 Å². The molecule has 2 heteroatoms. The third kappa shape index (κ3) is 3.55. The number of hydrogen-bond acceptors (Lipinski definition) is 2. The fourth-order valence-electron chi connectivity index (χ4n) is 3.50. The van der Waals surface area contributed by atoms with E-state index in [0.29, 0.717) is 6.04 Å². The fourth-order valence-corrected chi connectivity index (χ4v) is 3.50. The second-order valence-corrected chi connectivity index (χ2v) is 6.27. The molecular weight excluding hydrogens is 256 g/mol. The molecule has 2 aliphatic rings. The van der Waals surface area contributed by atoms with Crippen LogP contribution in [0.1, 0.15) is 50.5 Å². The largest absolute Gasteiger partial charge is 0.371 e. The average Bonchev–Trinajstić information content (AvgIpc) is 3.07. The van der Waals surface area contributed by atoms with E-state index in [4.69, 9.17) is 0 Å². The lowest BCUT2D eigenvalue weighted by atomic mass is 9.93. The Bertz CT molecular complexity index is 524. The highest BCUT2D eigenvalue weighted by Gasteiger charge is 2.19. The second-order valence-electron chi connectivity index (χ2n) is 6.27. The van der Waals surface area contributed by atoms with Crippen LogP contribution >= 0.6 is 0 Å². The summed E-state index contributed by atoms with van der Waals surface area (Å²) >= 11 is 0. The molecule has 0 amide bonds. The van der Waals surface area contributed by atoms with Crippen molar-refractivity contribution in [2.75, 3.05) is 18.5 Å². The van der Waals surface area contributed by atoms with Gasteiger partial charge in [0.15, 0.2) is 0 Å². The minimum Gasteiger partial charge on any atom is -0.371 e. The van der Waals surface area contributed by atoms with E-state index < -0.39 is 0 Å². The number of aliphatic imine (C=N–C) groups is 1. The van der Waals surface area contributed by atoms with Crippen molar-refractivity contribution in [2.45, 2.75) is 51.0 Å². The highest BCUT2D eigenvalue weighted by atomic mass is 15.1. The number of anilines is 1. The Morgan fingerprint density at radius 1 is 1.05 bits per heavy atom. The summed E-state index contributed by atoms with van der Waals surface area (Å²) < 4.78 is 0. The number of nitrogens with zero attached hydrogens (tertiary/aromatic N) is 2. The minimum absolute atomic E-state index is 0.706. The van der Waals surface area contributed by atoms with Gasteiger partial charge in [-0.15, -0.1) is 0 Å². The highest BCUT2D eigenvalue weighted by molar-refractivity contribution is 5.99. The van der Waals surface area contributed by atoms with Gasteiger partial charge in [0, 0.05) is 31.0 Å². The van der Waals surface area contributed by atoms with Gasteiger partial charge in [-0.1, -0.05) is 43.5 Å². The molecule has 1 aliphatic heterocycles. The average molecular weight is 282 g/mol. The molecule has 0 radical (unpaired) electrons. The number of rotatable bonds is 4. The van der Waals surface area contributed by atoms with Crippen LogP contribution in [0.25, 0.3) is 6.08 Å². The topological polar surface area (TPSA) is 15.6 Å². The standard InChI is InChI=1S/C19H26N2/c1-21(18-10-3-2-4-11-18)19-12-6-5-8-16(19)13-14-17-9-7-15-20-17/h5-6,8,12-14,18H,2-4,7,9-11,15H2,1H3. The Kier molecular flexibility index (Phi) is 4.74. The summed E-state index contributed by atoms with van der Waals surface area (Å²) in [6, 6.07) is 9.47. The van der Waals surface area contributed by atoms with Crippen molar-refractivity contribution in [3.63, 3.8) is 0 Å². The maximum absolute atomic E-state index is 4.53. The molecule has 2 nitrogen and oxygen atoms in total. The Morgan fingerprint density at radius 2 is 1.86 bits per heavy atom. The van der Waals surface area contributed by atoms with E-state index in [2.05, 4.69) is 53.4 Å². The van der Waals surface area contributed by atoms with E-state index in [9.17, 15) is 0 Å². The van der Waals surface area contributed by atoms with Crippen LogP contribution in [0.5, 0.6) is 0 Å². The summed E-state index contributed by atoms with van der Waals surface area (Å²) in [6.07, 6.45) is 13.6. The minimum atomic E-state index is 0.706. The SMILES string of the molecule is CN(c1ccccc1C=CC1=NCCC1)C1CCCCC1. The summed E-state index contributed by atoms with van der Waals surface area (Å²) in [5, 5.41) is 0. The van der Waals surface area contributed by atoms with Crippen LogP contribution in [0.3, 0.4) is 0 Å². The number of allylic oxidation sites excluding steroid dienone is 1. The summed E-state index contributed by atoms with van der Waals surface area (Å²) in [6.45, 7) is 1.00. The molecule has 1 aromatic rings. The van der Waals surface area contributed by atoms with Crippen molar-refractivity contribution in [1.29, 1.82) is 0 Å². The van der Waals surface area contributed by atoms with Crippen molar-refractivity contribution in [3.8, 4) is 0 Å². The Morgan fingerprint density at radius 3 is 2.62 bits per heavy atom. The smallest absolute Gasteiger partial charge is 0.0439 e. The first kappa shape index (κ1) is 14.4. The molecule has 0 bridgehead atoms. The van der Waals surface area contributed by atoms with E-state index >= 15 is 0 Å². The lowest BCUT2D eigenvalue weighted by Gasteiger charge is -2.34. The monoisotopic (exact) mass is 282 g/mol. The van der Waals surface area contributed by atoms with Crippen molar-refractivity contribution < 1.29 is 0 Å². The zero-order chi connectivity index (χ0) is 14.5. The van der Waals surface area contributed by atoms with Crippen LogP contribution in [-0.4, -0.2) is 25.3 Å². The predicted molar refractivity (Wildman–Crippen MR) is 92.3 cm³/mol. The van der Waals surface area contributed by atoms with Gasteiger partial charge in [-0.2, -0.15) is 0 Å². The third-order valence-electron chi connectivity index (χ3n) is 4.80. The van der Waals surface area contributed by atoms with Crippen LogP contribution in [0.15, 0.2) is 35.3 Å². The Hall–Kier alpha value is -1.57. The van der Waals surface area contributed by atoms with Crippen molar-refractivity contribution in [3.05, 3.63) is 35.9 Å². The highest BCUT2D eigenvalue weighted by Crippen LogP contribution is 2.29. The van der Waals surface area contributed by atoms with Gasteiger partial charge in [-0.05, 0) is 43.4 Å². The van der Waals surface area contributed by atoms with Crippen LogP contribution in [-0.2, 0) is 0 Å². The van der Waals surface area contributed by atoms with Gasteiger partial charge in [-0.25, -0.2) is 0 Å². The van der Waals surface area contributed by atoms with Gasteiger partial charge >= 0.3 is 0 Å². The van der Waals surface area contributed by atoms with E-state index in [1.165, 1.54) is 55.5 Å². The molecule has 1 saturated carbocycles. The molecule has 112 valence electrons. The van der Waals surface area contributed by atoms with Crippen molar-refractivity contribution >= 4 is 17.5 Å². The molecule has 1 fully saturated rings. The molecule has 1 heterocycles. The zero-order valence-electron chi connectivity index (χ0n) is 13.1. The normalized spacial score (nSPS) is 20.0. The van der Waals surface area contributed by atoms with Crippen LogP contribution in [0, 0.1) is 0 Å². The maximum atomic E-state index is 4.53. The van der Waals surface area contributed by atoms with Gasteiger partial charge in [0.2, 0.25) is 0 Å². The summed E-state index contributed by atoms with van der Waals surface area (Å²) in [5.41, 5.74) is 3.93. The number of hydrogen-bond donors (Lipinski definition) is 0. The number of para-hydroxylation sites is 1. The number of benzene rings is 1. The lowest BCUT2D eigenvalue weighted by molar-refractivity contribution is 0.427. The van der Waals surface area contributed by atoms with Crippen molar-refractivity contribution in [1.82, 2.24) is 0 Å². The third-order valence-corrected chi connectivity index (χ3v) is 4.80. The van der Waals surface area contributed by atoms with Gasteiger partial charge in [0.05, 0.1) is 0 Å². The molecule has 0 spiro atoms. The quantitative estimate of drug-likeness (QED) is 0.781. The Balaban J connectivity index is 1.78. The molecule has 0 N–H and O–H groups in total. The van der Waals surface area contributed by atoms with E-state index in [1.54, 1.807) is 0 Å². The van der Waals surface area contributed by atoms with Crippen LogP contribution < -0.4 is 4.90 Å². The molecular formula is C19H26N2. The lowest BCUT2D eigenvalue weighted by Crippen LogP contribution is -2.33. The van der Waals surface area contributed by atoms with Gasteiger partial charge in [0.1, 0.15) is 0 Å².